The second-order valence-electron chi connectivity index (χ2n) is 4.99. The second kappa shape index (κ2) is 5.44. The Morgan fingerprint density at radius 1 is 1.00 bits per heavy atom. The van der Waals surface area contributed by atoms with Gasteiger partial charge in [0.05, 0.1) is 10.2 Å². The van der Waals surface area contributed by atoms with Gasteiger partial charge < -0.3 is 4.42 Å². The van der Waals surface area contributed by atoms with E-state index in [4.69, 9.17) is 4.42 Å². The minimum Gasteiger partial charge on any atom is -0.450 e. The fourth-order valence-corrected chi connectivity index (χ4v) is 3.22. The van der Waals surface area contributed by atoms with E-state index in [9.17, 15) is 9.18 Å². The van der Waals surface area contributed by atoms with Gasteiger partial charge in [-0.15, -0.1) is 11.3 Å². The summed E-state index contributed by atoms with van der Waals surface area (Å²) in [6.07, 6.45) is 0. The van der Waals surface area contributed by atoms with Gasteiger partial charge in [0.2, 0.25) is 5.78 Å². The van der Waals surface area contributed by atoms with Crippen LogP contribution in [0.2, 0.25) is 0 Å². The molecule has 0 bridgehead atoms. The van der Waals surface area contributed by atoms with Gasteiger partial charge >= 0.3 is 0 Å². The Morgan fingerprint density at radius 3 is 2.57 bits per heavy atom. The van der Waals surface area contributed by atoms with Gasteiger partial charge in [0.15, 0.2) is 16.5 Å². The van der Waals surface area contributed by atoms with Crippen LogP contribution in [0.3, 0.4) is 0 Å². The summed E-state index contributed by atoms with van der Waals surface area (Å²) in [6.45, 7) is 0. The van der Waals surface area contributed by atoms with Crippen LogP contribution in [0.25, 0.3) is 21.0 Å². The third kappa shape index (κ3) is 2.55. The lowest BCUT2D eigenvalue weighted by molar-refractivity contribution is 0.101. The molecule has 2 aromatic heterocycles. The number of carbonyl (C=O) groups excluding carboxylic acids is 1. The van der Waals surface area contributed by atoms with Crippen LogP contribution in [-0.4, -0.2) is 10.8 Å². The Kier molecular flexibility index (Phi) is 3.28. The van der Waals surface area contributed by atoms with Gasteiger partial charge in [-0.2, -0.15) is 0 Å². The van der Waals surface area contributed by atoms with E-state index in [2.05, 4.69) is 4.98 Å². The van der Waals surface area contributed by atoms with Gasteiger partial charge in [0, 0.05) is 5.56 Å². The van der Waals surface area contributed by atoms with E-state index in [0.29, 0.717) is 11.3 Å². The highest BCUT2D eigenvalue weighted by Crippen LogP contribution is 2.31. The standard InChI is InChI=1S/C18H10FNO2S/c19-12-7-5-11(6-8-12)17(21)14-9-10-15(22-14)18-20-13-3-1-2-4-16(13)23-18/h1-10H. The summed E-state index contributed by atoms with van der Waals surface area (Å²) in [5.41, 5.74) is 1.28. The monoisotopic (exact) mass is 323 g/mol. The van der Waals surface area contributed by atoms with Crippen molar-refractivity contribution in [3.8, 4) is 10.8 Å². The number of carbonyl (C=O) groups is 1. The zero-order valence-corrected chi connectivity index (χ0v) is 12.6. The molecule has 4 rings (SSSR count). The maximum absolute atomic E-state index is 12.9. The highest BCUT2D eigenvalue weighted by atomic mass is 32.1. The average molecular weight is 323 g/mol. The molecule has 0 spiro atoms. The maximum Gasteiger partial charge on any atom is 0.228 e. The molecule has 0 saturated heterocycles. The third-order valence-corrected chi connectivity index (χ3v) is 4.49. The molecule has 0 N–H and O–H groups in total. The SMILES string of the molecule is O=C(c1ccc(F)cc1)c1ccc(-c2nc3ccccc3s2)o1. The molecular weight excluding hydrogens is 313 g/mol. The van der Waals surface area contributed by atoms with Crippen molar-refractivity contribution in [2.75, 3.05) is 0 Å². The number of aromatic nitrogens is 1. The van der Waals surface area contributed by atoms with Crippen LogP contribution in [0.15, 0.2) is 65.1 Å². The number of para-hydroxylation sites is 1. The minimum atomic E-state index is -0.379. The molecular formula is C18H10FNO2S. The number of thiazole rings is 1. The largest absolute Gasteiger partial charge is 0.450 e. The summed E-state index contributed by atoms with van der Waals surface area (Å²) in [5.74, 6) is 0.107. The first-order valence-electron chi connectivity index (χ1n) is 6.97. The highest BCUT2D eigenvalue weighted by Gasteiger charge is 2.16. The lowest BCUT2D eigenvalue weighted by atomic mass is 10.1. The van der Waals surface area contributed by atoms with Gasteiger partial charge in [-0.25, -0.2) is 9.37 Å². The molecule has 0 saturated carbocycles. The molecule has 0 radical (unpaired) electrons. The van der Waals surface area contributed by atoms with Crippen molar-refractivity contribution in [1.82, 2.24) is 4.98 Å². The molecule has 0 aliphatic heterocycles. The fraction of sp³-hybridized carbons (Fsp3) is 0. The number of furan rings is 1. The van der Waals surface area contributed by atoms with Crippen molar-refractivity contribution in [1.29, 1.82) is 0 Å². The van der Waals surface area contributed by atoms with E-state index < -0.39 is 0 Å². The summed E-state index contributed by atoms with van der Waals surface area (Å²) < 4.78 is 19.6. The Labute approximate surface area is 135 Å². The zero-order valence-electron chi connectivity index (χ0n) is 11.8. The first-order valence-corrected chi connectivity index (χ1v) is 7.78. The topological polar surface area (TPSA) is 43.1 Å². The van der Waals surface area contributed by atoms with E-state index in [1.165, 1.54) is 35.6 Å². The fourth-order valence-electron chi connectivity index (χ4n) is 2.30. The predicted octanol–water partition coefficient (Wildman–Crippen LogP) is 4.93. The molecule has 0 amide bonds. The molecule has 0 atom stereocenters. The summed E-state index contributed by atoms with van der Waals surface area (Å²) in [4.78, 5) is 16.8. The van der Waals surface area contributed by atoms with Crippen LogP contribution in [0.4, 0.5) is 4.39 Å². The molecule has 0 unspecified atom stereocenters. The summed E-state index contributed by atoms with van der Waals surface area (Å²) in [6, 6.07) is 16.5. The van der Waals surface area contributed by atoms with Crippen molar-refractivity contribution in [2.24, 2.45) is 0 Å². The molecule has 2 aromatic carbocycles. The average Bonchev–Trinajstić information content (AvgIpc) is 3.21. The number of fused-ring (bicyclic) bond motifs is 1. The minimum absolute atomic E-state index is 0.214. The quantitative estimate of drug-likeness (QED) is 0.502. The molecule has 4 aromatic rings. The second-order valence-corrected chi connectivity index (χ2v) is 6.02. The molecule has 0 aliphatic rings. The van der Waals surface area contributed by atoms with Crippen molar-refractivity contribution in [3.05, 3.63) is 77.8 Å². The van der Waals surface area contributed by atoms with Crippen LogP contribution >= 0.6 is 11.3 Å². The number of benzene rings is 2. The number of hydrogen-bond acceptors (Lipinski definition) is 4. The summed E-state index contributed by atoms with van der Waals surface area (Å²) in [5, 5.41) is 0.726. The van der Waals surface area contributed by atoms with E-state index in [1.807, 2.05) is 24.3 Å². The van der Waals surface area contributed by atoms with Gasteiger partial charge in [0.25, 0.3) is 0 Å². The summed E-state index contributed by atoms with van der Waals surface area (Å²) >= 11 is 1.51. The molecule has 5 heteroatoms. The number of hydrogen-bond donors (Lipinski definition) is 0. The van der Waals surface area contributed by atoms with Crippen LogP contribution in [0, 0.1) is 5.82 Å². The molecule has 3 nitrogen and oxygen atoms in total. The van der Waals surface area contributed by atoms with Gasteiger partial charge in [-0.3, -0.25) is 4.79 Å². The first-order chi connectivity index (χ1) is 11.2. The van der Waals surface area contributed by atoms with E-state index >= 15 is 0 Å². The Hall–Kier alpha value is -2.79. The summed E-state index contributed by atoms with van der Waals surface area (Å²) in [7, 11) is 0. The Balaban J connectivity index is 1.68. The molecule has 112 valence electrons. The molecule has 2 heterocycles. The Morgan fingerprint density at radius 2 is 1.78 bits per heavy atom. The van der Waals surface area contributed by atoms with E-state index in [-0.39, 0.29) is 17.4 Å². The zero-order chi connectivity index (χ0) is 15.8. The predicted molar refractivity (Wildman–Crippen MR) is 87.2 cm³/mol. The van der Waals surface area contributed by atoms with Gasteiger partial charge in [-0.05, 0) is 48.5 Å². The van der Waals surface area contributed by atoms with Crippen LogP contribution in [-0.2, 0) is 0 Å². The van der Waals surface area contributed by atoms with Crippen LogP contribution in [0.1, 0.15) is 16.1 Å². The highest BCUT2D eigenvalue weighted by molar-refractivity contribution is 7.21. The normalized spacial score (nSPS) is 11.0. The van der Waals surface area contributed by atoms with Crippen LogP contribution < -0.4 is 0 Å². The molecule has 0 fully saturated rings. The van der Waals surface area contributed by atoms with Gasteiger partial charge in [-0.1, -0.05) is 12.1 Å². The number of halogens is 1. The Bertz CT molecular complexity index is 968. The van der Waals surface area contributed by atoms with E-state index in [0.717, 1.165) is 15.2 Å². The van der Waals surface area contributed by atoms with Gasteiger partial charge in [0.1, 0.15) is 5.82 Å². The lowest BCUT2D eigenvalue weighted by Crippen LogP contribution is -1.99. The number of ketones is 1. The van der Waals surface area contributed by atoms with Crippen molar-refractivity contribution >= 4 is 27.3 Å². The van der Waals surface area contributed by atoms with Crippen molar-refractivity contribution < 1.29 is 13.6 Å². The maximum atomic E-state index is 12.9. The number of rotatable bonds is 3. The van der Waals surface area contributed by atoms with Crippen molar-refractivity contribution in [2.45, 2.75) is 0 Å². The lowest BCUT2D eigenvalue weighted by Gasteiger charge is -1.97. The number of nitrogens with zero attached hydrogens (tertiary/aromatic N) is 1. The van der Waals surface area contributed by atoms with Crippen LogP contribution in [0.5, 0.6) is 0 Å². The smallest absolute Gasteiger partial charge is 0.228 e. The van der Waals surface area contributed by atoms with Crippen molar-refractivity contribution in [3.63, 3.8) is 0 Å². The first kappa shape index (κ1) is 13.8. The molecule has 0 aliphatic carbocycles. The molecule has 23 heavy (non-hydrogen) atoms. The van der Waals surface area contributed by atoms with E-state index in [1.54, 1.807) is 12.1 Å². The third-order valence-electron chi connectivity index (χ3n) is 3.44.